The maximum Gasteiger partial charge on any atom is 0.283 e. The second-order valence-corrected chi connectivity index (χ2v) is 7.36. The molecule has 10 nitrogen and oxygen atoms in total. The minimum Gasteiger partial charge on any atom is -0.267 e. The van der Waals surface area contributed by atoms with Crippen molar-refractivity contribution in [2.24, 2.45) is 5.10 Å². The van der Waals surface area contributed by atoms with Crippen molar-refractivity contribution in [1.29, 1.82) is 0 Å². The van der Waals surface area contributed by atoms with Crippen LogP contribution in [-0.4, -0.2) is 37.2 Å². The summed E-state index contributed by atoms with van der Waals surface area (Å²) in [6, 6.07) is 17.2. The number of hydrogen-bond acceptors (Lipinski definition) is 8. The Hall–Kier alpha value is -4.38. The van der Waals surface area contributed by atoms with E-state index < -0.39 is 10.8 Å². The molecule has 158 valence electrons. The summed E-state index contributed by atoms with van der Waals surface area (Å²) < 4.78 is 0. The van der Waals surface area contributed by atoms with Gasteiger partial charge in [-0.25, -0.2) is 10.4 Å². The lowest BCUT2D eigenvalue weighted by Gasteiger charge is -2.02. The van der Waals surface area contributed by atoms with Gasteiger partial charge in [-0.2, -0.15) is 5.10 Å². The molecule has 32 heavy (non-hydrogen) atoms. The smallest absolute Gasteiger partial charge is 0.267 e. The fourth-order valence-corrected chi connectivity index (χ4v) is 3.49. The van der Waals surface area contributed by atoms with Crippen LogP contribution in [0.2, 0.25) is 0 Å². The van der Waals surface area contributed by atoms with Crippen LogP contribution in [-0.2, 0) is 0 Å². The highest BCUT2D eigenvalue weighted by Gasteiger charge is 2.18. The summed E-state index contributed by atoms with van der Waals surface area (Å²) in [4.78, 5) is 31.7. The summed E-state index contributed by atoms with van der Waals surface area (Å²) >= 11 is 1.08. The molecule has 2 aromatic heterocycles. The number of nitrogens with zero attached hydrogens (tertiary/aromatic N) is 5. The molecule has 0 fully saturated rings. The number of pyridine rings is 1. The average molecular weight is 445 g/mol. The van der Waals surface area contributed by atoms with E-state index in [1.54, 1.807) is 24.3 Å². The van der Waals surface area contributed by atoms with E-state index in [0.29, 0.717) is 27.0 Å². The van der Waals surface area contributed by atoms with Gasteiger partial charge in [0.1, 0.15) is 0 Å². The molecule has 0 spiro atoms. The highest BCUT2D eigenvalue weighted by atomic mass is 32.2. The van der Waals surface area contributed by atoms with Crippen molar-refractivity contribution in [1.82, 2.24) is 25.6 Å². The molecule has 1 amide bonds. The van der Waals surface area contributed by atoms with Gasteiger partial charge >= 0.3 is 0 Å². The van der Waals surface area contributed by atoms with Crippen LogP contribution in [0.1, 0.15) is 15.9 Å². The van der Waals surface area contributed by atoms with Gasteiger partial charge in [0.05, 0.1) is 16.0 Å². The first-order valence-electron chi connectivity index (χ1n) is 9.28. The van der Waals surface area contributed by atoms with Crippen LogP contribution in [0.3, 0.4) is 0 Å². The number of nitrogens with one attached hydrogen (secondary N) is 2. The second-order valence-electron chi connectivity index (χ2n) is 6.35. The zero-order valence-corrected chi connectivity index (χ0v) is 17.2. The third-order valence-electron chi connectivity index (χ3n) is 4.22. The van der Waals surface area contributed by atoms with Crippen LogP contribution in [0, 0.1) is 10.1 Å². The molecule has 0 aliphatic heterocycles. The van der Waals surface area contributed by atoms with E-state index in [4.69, 9.17) is 0 Å². The monoisotopic (exact) mass is 445 g/mol. The van der Waals surface area contributed by atoms with Crippen molar-refractivity contribution in [3.63, 3.8) is 0 Å². The van der Waals surface area contributed by atoms with E-state index in [0.717, 1.165) is 17.3 Å². The first kappa shape index (κ1) is 20.9. The SMILES string of the molecule is O=C(N/N=C\c1ccc(Sc2n[nH]c(-c3ccccc3)n2)c([N+](=O)[O-])c1)c1ccncc1. The second kappa shape index (κ2) is 9.62. The van der Waals surface area contributed by atoms with Crippen LogP contribution in [0.4, 0.5) is 5.69 Å². The van der Waals surface area contributed by atoms with Gasteiger partial charge in [-0.15, -0.1) is 5.10 Å². The van der Waals surface area contributed by atoms with Crippen molar-refractivity contribution in [2.45, 2.75) is 10.1 Å². The maximum absolute atomic E-state index is 12.0. The Morgan fingerprint density at radius 3 is 2.66 bits per heavy atom. The molecule has 2 heterocycles. The van der Waals surface area contributed by atoms with Gasteiger partial charge in [0.25, 0.3) is 11.6 Å². The van der Waals surface area contributed by atoms with Gasteiger partial charge in [-0.05, 0) is 30.0 Å². The standard InChI is InChI=1S/C21H15N7O3S/c29-20(16-8-10-22-11-9-16)26-23-13-14-6-7-18(17(12-14)28(30)31)32-21-24-19(25-27-21)15-4-2-1-3-5-15/h1-13H,(H,26,29)(H,24,25,27)/b23-13-. The average Bonchev–Trinajstić information content (AvgIpc) is 3.29. The molecular weight excluding hydrogens is 430 g/mol. The van der Waals surface area contributed by atoms with Gasteiger partial charge in [0, 0.05) is 35.2 Å². The third kappa shape index (κ3) is 5.02. The summed E-state index contributed by atoms with van der Waals surface area (Å²) in [5.41, 5.74) is 3.97. The molecule has 11 heteroatoms. The van der Waals surface area contributed by atoms with Gasteiger partial charge in [-0.3, -0.25) is 25.0 Å². The van der Waals surface area contributed by atoms with Crippen molar-refractivity contribution < 1.29 is 9.72 Å². The normalized spacial score (nSPS) is 10.9. The molecule has 2 aromatic carbocycles. The van der Waals surface area contributed by atoms with Crippen LogP contribution in [0.25, 0.3) is 11.4 Å². The molecule has 0 aliphatic carbocycles. The number of aromatic nitrogens is 4. The van der Waals surface area contributed by atoms with E-state index >= 15 is 0 Å². The lowest BCUT2D eigenvalue weighted by atomic mass is 10.2. The Kier molecular flexibility index (Phi) is 6.28. The van der Waals surface area contributed by atoms with Crippen molar-refractivity contribution >= 4 is 29.6 Å². The third-order valence-corrected chi connectivity index (χ3v) is 5.15. The van der Waals surface area contributed by atoms with Crippen molar-refractivity contribution in [3.8, 4) is 11.4 Å². The lowest BCUT2D eigenvalue weighted by molar-refractivity contribution is -0.387. The molecule has 0 bridgehead atoms. The van der Waals surface area contributed by atoms with Crippen LogP contribution < -0.4 is 5.43 Å². The van der Waals surface area contributed by atoms with Crippen LogP contribution >= 0.6 is 11.8 Å². The number of rotatable bonds is 7. The molecule has 4 rings (SSSR count). The lowest BCUT2D eigenvalue weighted by Crippen LogP contribution is -2.17. The van der Waals surface area contributed by atoms with E-state index in [9.17, 15) is 14.9 Å². The summed E-state index contributed by atoms with van der Waals surface area (Å²) in [6.45, 7) is 0. The molecule has 0 saturated carbocycles. The van der Waals surface area contributed by atoms with E-state index in [2.05, 4.69) is 30.7 Å². The first-order chi connectivity index (χ1) is 15.6. The number of benzene rings is 2. The number of nitro benzene ring substituents is 1. The first-order valence-corrected chi connectivity index (χ1v) is 10.1. The number of hydrazone groups is 1. The molecule has 0 atom stereocenters. The number of hydrogen-bond donors (Lipinski definition) is 2. The highest BCUT2D eigenvalue weighted by Crippen LogP contribution is 2.34. The van der Waals surface area contributed by atoms with E-state index in [1.165, 1.54) is 24.7 Å². The number of H-pyrrole nitrogens is 1. The Bertz CT molecular complexity index is 1280. The zero-order chi connectivity index (χ0) is 22.3. The largest absolute Gasteiger partial charge is 0.283 e. The Morgan fingerprint density at radius 2 is 1.91 bits per heavy atom. The van der Waals surface area contributed by atoms with Gasteiger partial charge in [-0.1, -0.05) is 36.4 Å². The predicted octanol–water partition coefficient (Wildman–Crippen LogP) is 3.69. The molecular formula is C21H15N7O3S. The number of carbonyl (C=O) groups is 1. The minimum absolute atomic E-state index is 0.120. The molecule has 0 unspecified atom stereocenters. The minimum atomic E-state index is -0.486. The zero-order valence-electron chi connectivity index (χ0n) is 16.4. The van der Waals surface area contributed by atoms with E-state index in [-0.39, 0.29) is 5.69 Å². The summed E-state index contributed by atoms with van der Waals surface area (Å²) in [6.07, 6.45) is 4.33. The van der Waals surface area contributed by atoms with Gasteiger partial charge in [0.2, 0.25) is 5.16 Å². The van der Waals surface area contributed by atoms with E-state index in [1.807, 2.05) is 30.3 Å². The number of carbonyl (C=O) groups excluding carboxylic acids is 1. The van der Waals surface area contributed by atoms with Crippen molar-refractivity contribution in [2.75, 3.05) is 0 Å². The summed E-state index contributed by atoms with van der Waals surface area (Å²) in [7, 11) is 0. The maximum atomic E-state index is 12.0. The quantitative estimate of drug-likeness (QED) is 0.251. The number of amides is 1. The highest BCUT2D eigenvalue weighted by molar-refractivity contribution is 7.99. The van der Waals surface area contributed by atoms with Gasteiger partial charge < -0.3 is 0 Å². The van der Waals surface area contributed by atoms with Crippen molar-refractivity contribution in [3.05, 3.63) is 94.3 Å². The van der Waals surface area contributed by atoms with Gasteiger partial charge in [0.15, 0.2) is 5.82 Å². The molecule has 0 radical (unpaired) electrons. The Labute approximate surface area is 186 Å². The fraction of sp³-hybridized carbons (Fsp3) is 0. The Morgan fingerprint density at radius 1 is 1.12 bits per heavy atom. The molecule has 0 aliphatic rings. The summed E-state index contributed by atoms with van der Waals surface area (Å²) in [5.74, 6) is 0.161. The summed E-state index contributed by atoms with van der Waals surface area (Å²) in [5, 5.41) is 22.8. The Balaban J connectivity index is 1.48. The molecule has 4 aromatic rings. The number of aromatic amines is 1. The molecule has 0 saturated heterocycles. The topological polar surface area (TPSA) is 139 Å². The molecule has 2 N–H and O–H groups in total. The predicted molar refractivity (Wildman–Crippen MR) is 118 cm³/mol. The fourth-order valence-electron chi connectivity index (χ4n) is 2.69. The number of nitro groups is 1. The van der Waals surface area contributed by atoms with Crippen LogP contribution in [0.5, 0.6) is 0 Å². The van der Waals surface area contributed by atoms with Crippen LogP contribution in [0.15, 0.2) is 88.2 Å².